The molecule has 26 heavy (non-hydrogen) atoms. The number of aromatic hydroxyl groups is 1. The number of phenolic OH excluding ortho intramolecular Hbond substituents is 1. The number of allylic oxidation sites excluding steroid dienone is 1. The van der Waals surface area contributed by atoms with Gasteiger partial charge in [0.15, 0.2) is 0 Å². The Hall–Kier alpha value is -1.97. The zero-order valence-electron chi connectivity index (χ0n) is 17.2. The largest absolute Gasteiger partial charge is 0.508 e. The van der Waals surface area contributed by atoms with E-state index in [1.54, 1.807) is 19.0 Å². The number of hydrogen-bond donors (Lipinski definition) is 1. The third-order valence-corrected chi connectivity index (χ3v) is 4.81. The molecule has 4 heteroatoms. The van der Waals surface area contributed by atoms with Gasteiger partial charge in [0.1, 0.15) is 11.5 Å². The monoisotopic (exact) mass is 359 g/mol. The number of amides is 1. The van der Waals surface area contributed by atoms with Gasteiger partial charge in [-0.15, -0.1) is 0 Å². The Morgan fingerprint density at radius 3 is 2.46 bits per heavy atom. The fourth-order valence-electron chi connectivity index (χ4n) is 3.42. The number of carbonyl (C=O) groups is 1. The summed E-state index contributed by atoms with van der Waals surface area (Å²) in [5.74, 6) is 1.15. The van der Waals surface area contributed by atoms with Crippen LogP contribution in [0.5, 0.6) is 11.5 Å². The van der Waals surface area contributed by atoms with Crippen molar-refractivity contribution in [3.8, 4) is 11.5 Å². The molecule has 0 spiro atoms. The molecule has 144 valence electrons. The second kappa shape index (κ2) is 7.73. The number of benzene rings is 1. The van der Waals surface area contributed by atoms with Gasteiger partial charge in [-0.1, -0.05) is 26.8 Å². The summed E-state index contributed by atoms with van der Waals surface area (Å²) in [7, 11) is 3.55. The predicted octanol–water partition coefficient (Wildman–Crippen LogP) is 4.76. The number of likely N-dealkylation sites (N-methyl/N-ethyl adjacent to an activating group) is 1. The van der Waals surface area contributed by atoms with Crippen LogP contribution in [-0.4, -0.2) is 36.1 Å². The van der Waals surface area contributed by atoms with Crippen molar-refractivity contribution in [3.63, 3.8) is 0 Å². The van der Waals surface area contributed by atoms with Gasteiger partial charge in [-0.3, -0.25) is 4.79 Å². The van der Waals surface area contributed by atoms with Gasteiger partial charge in [-0.2, -0.15) is 0 Å². The van der Waals surface area contributed by atoms with Crippen LogP contribution < -0.4 is 4.74 Å². The van der Waals surface area contributed by atoms with Crippen molar-refractivity contribution in [1.29, 1.82) is 0 Å². The van der Waals surface area contributed by atoms with Crippen molar-refractivity contribution in [3.05, 3.63) is 34.9 Å². The Morgan fingerprint density at radius 2 is 1.92 bits per heavy atom. The van der Waals surface area contributed by atoms with E-state index in [0.717, 1.165) is 35.3 Å². The van der Waals surface area contributed by atoms with E-state index >= 15 is 0 Å². The lowest BCUT2D eigenvalue weighted by Crippen LogP contribution is -2.26. The molecule has 1 amide bonds. The van der Waals surface area contributed by atoms with E-state index < -0.39 is 0 Å². The first-order chi connectivity index (χ1) is 12.0. The van der Waals surface area contributed by atoms with Crippen molar-refractivity contribution < 1.29 is 14.6 Å². The first-order valence-corrected chi connectivity index (χ1v) is 9.45. The smallest absolute Gasteiger partial charge is 0.248 e. The maximum absolute atomic E-state index is 12.4. The van der Waals surface area contributed by atoms with Gasteiger partial charge < -0.3 is 14.7 Å². The molecule has 0 saturated carbocycles. The molecule has 0 saturated heterocycles. The number of ether oxygens (including phenoxy) is 1. The van der Waals surface area contributed by atoms with Gasteiger partial charge in [0.05, 0.1) is 6.10 Å². The van der Waals surface area contributed by atoms with Crippen molar-refractivity contribution in [2.24, 2.45) is 0 Å². The molecule has 1 aromatic rings. The summed E-state index contributed by atoms with van der Waals surface area (Å²) in [5, 5.41) is 10.8. The van der Waals surface area contributed by atoms with Gasteiger partial charge >= 0.3 is 0 Å². The Bertz CT molecular complexity index is 696. The standard InChI is InChI=1S/C22H33NO3/c1-14(2)26-19-13-17(22(3,4)5)12-18(24)20(19)15-9-8-10-16(11-15)21(25)23(6)7/h10,12-15,24H,8-9,11H2,1-7H3/t15-/m0/s1. The summed E-state index contributed by atoms with van der Waals surface area (Å²) in [6, 6.07) is 3.91. The molecular formula is C22H33NO3. The summed E-state index contributed by atoms with van der Waals surface area (Å²) in [5.41, 5.74) is 2.62. The molecule has 1 N–H and O–H groups in total. The Labute approximate surface area is 157 Å². The molecule has 0 radical (unpaired) electrons. The van der Waals surface area contributed by atoms with Gasteiger partial charge in [-0.05, 0) is 62.1 Å². The lowest BCUT2D eigenvalue weighted by atomic mass is 9.80. The Morgan fingerprint density at radius 1 is 1.27 bits per heavy atom. The molecule has 2 rings (SSSR count). The van der Waals surface area contributed by atoms with Crippen LogP contribution >= 0.6 is 0 Å². The van der Waals surface area contributed by atoms with Crippen molar-refractivity contribution in [1.82, 2.24) is 4.90 Å². The quantitative estimate of drug-likeness (QED) is 0.843. The SMILES string of the molecule is CC(C)Oc1cc(C(C)(C)C)cc(O)c1[C@H]1CCC=C(C(=O)N(C)C)C1. The number of rotatable bonds is 4. The number of hydrogen-bond acceptors (Lipinski definition) is 3. The highest BCUT2D eigenvalue weighted by Gasteiger charge is 2.29. The minimum Gasteiger partial charge on any atom is -0.508 e. The molecule has 0 aliphatic heterocycles. The first kappa shape index (κ1) is 20.3. The number of nitrogens with zero attached hydrogens (tertiary/aromatic N) is 1. The average Bonchev–Trinajstić information content (AvgIpc) is 2.52. The van der Waals surface area contributed by atoms with E-state index in [1.165, 1.54) is 0 Å². The fraction of sp³-hybridized carbons (Fsp3) is 0.591. The maximum Gasteiger partial charge on any atom is 0.248 e. The molecule has 1 aromatic carbocycles. The maximum atomic E-state index is 12.4. The van der Waals surface area contributed by atoms with Crippen LogP contribution in [0.15, 0.2) is 23.8 Å². The van der Waals surface area contributed by atoms with Gasteiger partial charge in [0.25, 0.3) is 0 Å². The molecular weight excluding hydrogens is 326 g/mol. The van der Waals surface area contributed by atoms with Crippen molar-refractivity contribution in [2.75, 3.05) is 14.1 Å². The van der Waals surface area contributed by atoms with Crippen molar-refractivity contribution in [2.45, 2.75) is 71.3 Å². The zero-order chi connectivity index (χ0) is 19.6. The lowest BCUT2D eigenvalue weighted by Gasteiger charge is -2.29. The fourth-order valence-corrected chi connectivity index (χ4v) is 3.42. The topological polar surface area (TPSA) is 49.8 Å². The van der Waals surface area contributed by atoms with Crippen molar-refractivity contribution >= 4 is 5.91 Å². The first-order valence-electron chi connectivity index (χ1n) is 9.45. The van der Waals surface area contributed by atoms with Crippen LogP contribution in [0.3, 0.4) is 0 Å². The highest BCUT2D eigenvalue weighted by molar-refractivity contribution is 5.93. The highest BCUT2D eigenvalue weighted by Crippen LogP contribution is 2.45. The molecule has 0 unspecified atom stereocenters. The second-order valence-corrected chi connectivity index (χ2v) is 8.73. The second-order valence-electron chi connectivity index (χ2n) is 8.73. The summed E-state index contributed by atoms with van der Waals surface area (Å²) in [6.07, 6.45) is 4.42. The minimum atomic E-state index is -0.0797. The molecule has 0 heterocycles. The van der Waals surface area contributed by atoms with E-state index in [9.17, 15) is 9.90 Å². The Kier molecular flexibility index (Phi) is 6.05. The van der Waals surface area contributed by atoms with Crippen LogP contribution in [0.1, 0.15) is 70.9 Å². The predicted molar refractivity (Wildman–Crippen MR) is 106 cm³/mol. The third kappa shape index (κ3) is 4.60. The molecule has 1 atom stereocenters. The van der Waals surface area contributed by atoms with Crippen LogP contribution in [0.4, 0.5) is 0 Å². The summed E-state index contributed by atoms with van der Waals surface area (Å²) < 4.78 is 6.08. The normalized spacial score (nSPS) is 17.8. The molecule has 0 fully saturated rings. The average molecular weight is 360 g/mol. The van der Waals surface area contributed by atoms with Crippen LogP contribution in [0, 0.1) is 0 Å². The molecule has 0 bridgehead atoms. The van der Waals surface area contributed by atoms with Crippen LogP contribution in [0.2, 0.25) is 0 Å². The molecule has 1 aliphatic carbocycles. The Balaban J connectivity index is 2.45. The van der Waals surface area contributed by atoms with Gasteiger partial charge in [0, 0.05) is 25.2 Å². The van der Waals surface area contributed by atoms with E-state index in [-0.39, 0.29) is 29.1 Å². The number of phenols is 1. The molecule has 1 aliphatic rings. The van der Waals surface area contributed by atoms with Gasteiger partial charge in [-0.25, -0.2) is 0 Å². The molecule has 4 nitrogen and oxygen atoms in total. The lowest BCUT2D eigenvalue weighted by molar-refractivity contribution is -0.125. The minimum absolute atomic E-state index is 0.0189. The van der Waals surface area contributed by atoms with E-state index in [2.05, 4.69) is 26.8 Å². The highest BCUT2D eigenvalue weighted by atomic mass is 16.5. The van der Waals surface area contributed by atoms with Crippen LogP contribution in [-0.2, 0) is 10.2 Å². The summed E-state index contributed by atoms with van der Waals surface area (Å²) >= 11 is 0. The zero-order valence-corrected chi connectivity index (χ0v) is 17.2. The van der Waals surface area contributed by atoms with E-state index in [1.807, 2.05) is 26.0 Å². The van der Waals surface area contributed by atoms with Crippen LogP contribution in [0.25, 0.3) is 0 Å². The summed E-state index contributed by atoms with van der Waals surface area (Å²) in [4.78, 5) is 14.0. The van der Waals surface area contributed by atoms with Gasteiger partial charge in [0.2, 0.25) is 5.91 Å². The molecule has 0 aromatic heterocycles. The summed E-state index contributed by atoms with van der Waals surface area (Å²) in [6.45, 7) is 10.4. The van der Waals surface area contributed by atoms with E-state index in [0.29, 0.717) is 6.42 Å². The number of carbonyl (C=O) groups excluding carboxylic acids is 1. The third-order valence-electron chi connectivity index (χ3n) is 4.81. The van der Waals surface area contributed by atoms with E-state index in [4.69, 9.17) is 4.74 Å².